The Morgan fingerprint density at radius 2 is 1.51 bits per heavy atom. The topological polar surface area (TPSA) is 154 Å². The van der Waals surface area contributed by atoms with Gasteiger partial charge in [-0.2, -0.15) is 0 Å². The Morgan fingerprint density at radius 1 is 0.953 bits per heavy atom. The second kappa shape index (κ2) is 18.2. The highest BCUT2D eigenvalue weighted by atomic mass is 16.3. The van der Waals surface area contributed by atoms with Gasteiger partial charge in [0.05, 0.1) is 11.3 Å². The van der Waals surface area contributed by atoms with Gasteiger partial charge >= 0.3 is 0 Å². The fourth-order valence-electron chi connectivity index (χ4n) is 4.94. The lowest BCUT2D eigenvalue weighted by molar-refractivity contribution is 0.0718. The third-order valence-corrected chi connectivity index (χ3v) is 7.69. The zero-order valence-corrected chi connectivity index (χ0v) is 26.8. The van der Waals surface area contributed by atoms with Crippen molar-refractivity contribution in [3.8, 4) is 5.88 Å². The van der Waals surface area contributed by atoms with Crippen LogP contribution in [0.3, 0.4) is 0 Å². The van der Waals surface area contributed by atoms with E-state index < -0.39 is 17.3 Å². The number of hydrogen-bond acceptors (Lipinski definition) is 8. The first-order valence-corrected chi connectivity index (χ1v) is 15.7. The summed E-state index contributed by atoms with van der Waals surface area (Å²) in [5, 5.41) is 26.6. The first-order valence-electron chi connectivity index (χ1n) is 15.7. The van der Waals surface area contributed by atoms with E-state index in [4.69, 9.17) is 5.73 Å². The van der Waals surface area contributed by atoms with Crippen LogP contribution < -0.4 is 21.9 Å². The summed E-state index contributed by atoms with van der Waals surface area (Å²) in [5.41, 5.74) is 5.29. The van der Waals surface area contributed by atoms with Crippen LogP contribution in [0.1, 0.15) is 99.4 Å². The van der Waals surface area contributed by atoms with E-state index in [1.165, 1.54) is 6.92 Å². The molecule has 5 N–H and O–H groups in total. The van der Waals surface area contributed by atoms with Crippen LogP contribution in [0.4, 0.5) is 11.4 Å². The van der Waals surface area contributed by atoms with E-state index in [0.717, 1.165) is 56.2 Å². The van der Waals surface area contributed by atoms with Gasteiger partial charge in [-0.3, -0.25) is 19.0 Å². The maximum atomic E-state index is 14.2. The fraction of sp³-hybridized carbons (Fsp3) is 0.594. The van der Waals surface area contributed by atoms with Gasteiger partial charge in [-0.1, -0.05) is 52.7 Å². The number of benzene rings is 1. The molecule has 0 radical (unpaired) electrons. The van der Waals surface area contributed by atoms with Gasteiger partial charge in [0.2, 0.25) is 5.88 Å². The number of unbranched alkanes of at least 4 members (excludes halogenated alkanes) is 2. The molecule has 43 heavy (non-hydrogen) atoms. The van der Waals surface area contributed by atoms with Crippen molar-refractivity contribution in [2.24, 2.45) is 16.0 Å². The van der Waals surface area contributed by atoms with Crippen LogP contribution in [0.15, 0.2) is 39.3 Å². The minimum Gasteiger partial charge on any atom is -0.493 e. The maximum absolute atomic E-state index is 14.2. The first kappa shape index (κ1) is 35.6. The highest BCUT2D eigenvalue weighted by Crippen LogP contribution is 2.33. The SMILES string of the molecule is CCCCNC(CC)CN(CC(CC)NCCCC)C(=O)c1ccccc1/N=N/c1c(C)c(C(N)=O)c(=O)n(CC)c1O. The van der Waals surface area contributed by atoms with E-state index in [2.05, 4.69) is 48.6 Å². The van der Waals surface area contributed by atoms with Crippen LogP contribution in [-0.2, 0) is 6.54 Å². The van der Waals surface area contributed by atoms with Crippen molar-refractivity contribution in [3.63, 3.8) is 0 Å². The molecular formula is C32H51N7O4. The Balaban J connectivity index is 2.52. The molecule has 2 rings (SSSR count). The zero-order valence-electron chi connectivity index (χ0n) is 26.8. The molecule has 1 aromatic carbocycles. The van der Waals surface area contributed by atoms with Crippen molar-refractivity contribution in [2.45, 2.75) is 98.7 Å². The number of nitrogens with one attached hydrogen (secondary N) is 2. The molecule has 0 bridgehead atoms. The van der Waals surface area contributed by atoms with E-state index in [9.17, 15) is 19.5 Å². The predicted molar refractivity (Wildman–Crippen MR) is 172 cm³/mol. The van der Waals surface area contributed by atoms with E-state index in [1.54, 1.807) is 31.2 Å². The largest absolute Gasteiger partial charge is 0.493 e. The Morgan fingerprint density at radius 3 is 2.00 bits per heavy atom. The van der Waals surface area contributed by atoms with E-state index in [-0.39, 0.29) is 41.3 Å². The van der Waals surface area contributed by atoms with Gasteiger partial charge in [0, 0.05) is 37.3 Å². The third kappa shape index (κ3) is 9.72. The first-order chi connectivity index (χ1) is 20.6. The van der Waals surface area contributed by atoms with Crippen LogP contribution in [-0.4, -0.2) is 64.7 Å². The summed E-state index contributed by atoms with van der Waals surface area (Å²) in [6.07, 6.45) is 6.08. The highest BCUT2D eigenvalue weighted by Gasteiger charge is 2.25. The molecule has 0 aliphatic heterocycles. The van der Waals surface area contributed by atoms with Crippen LogP contribution in [0, 0.1) is 6.92 Å². The number of carbonyl (C=O) groups excluding carboxylic acids is 2. The van der Waals surface area contributed by atoms with E-state index >= 15 is 0 Å². The molecule has 2 unspecified atom stereocenters. The summed E-state index contributed by atoms with van der Waals surface area (Å²) in [6.45, 7) is 14.7. The second-order valence-electron chi connectivity index (χ2n) is 10.8. The fourth-order valence-corrected chi connectivity index (χ4v) is 4.94. The Labute approximate surface area is 256 Å². The lowest BCUT2D eigenvalue weighted by Crippen LogP contribution is -2.49. The lowest BCUT2D eigenvalue weighted by Gasteiger charge is -2.32. The van der Waals surface area contributed by atoms with Crippen LogP contribution in [0.2, 0.25) is 0 Å². The van der Waals surface area contributed by atoms with Crippen molar-refractivity contribution in [3.05, 3.63) is 51.3 Å². The van der Waals surface area contributed by atoms with Gasteiger partial charge in [0.1, 0.15) is 11.3 Å². The Hall–Kier alpha value is -3.57. The smallest absolute Gasteiger partial charge is 0.266 e. The molecule has 0 spiro atoms. The number of hydrogen-bond donors (Lipinski definition) is 4. The van der Waals surface area contributed by atoms with Crippen molar-refractivity contribution in [1.29, 1.82) is 0 Å². The number of nitrogens with zero attached hydrogens (tertiary/aromatic N) is 4. The van der Waals surface area contributed by atoms with Gasteiger partial charge in [-0.25, -0.2) is 0 Å². The Kier molecular flexibility index (Phi) is 15.1. The number of azo groups is 1. The van der Waals surface area contributed by atoms with Crippen LogP contribution >= 0.6 is 0 Å². The molecule has 11 heteroatoms. The number of primary amides is 1. The predicted octanol–water partition coefficient (Wildman–Crippen LogP) is 5.18. The Bertz CT molecular complexity index is 1270. The van der Waals surface area contributed by atoms with Crippen molar-refractivity contribution in [2.75, 3.05) is 26.2 Å². The maximum Gasteiger partial charge on any atom is 0.266 e. The second-order valence-corrected chi connectivity index (χ2v) is 10.8. The standard InChI is InChI=1S/C32H51N7O4/c1-7-12-18-34-23(9-3)20-38(21-24(10-4)35-19-13-8-2)30(41)25-16-14-15-17-26(25)36-37-28-22(6)27(29(33)40)31(42)39(11-5)32(28)43/h14-17,23-24,34-35,43H,7-13,18-21H2,1-6H3,(H2,33,40)/b37-36+. The molecule has 1 heterocycles. The van der Waals surface area contributed by atoms with Gasteiger partial charge in [0.25, 0.3) is 17.4 Å². The lowest BCUT2D eigenvalue weighted by atomic mass is 10.1. The molecule has 11 nitrogen and oxygen atoms in total. The van der Waals surface area contributed by atoms with E-state index in [0.29, 0.717) is 24.3 Å². The number of aromatic hydroxyl groups is 1. The quantitative estimate of drug-likeness (QED) is 0.129. The molecule has 1 aromatic heterocycles. The highest BCUT2D eigenvalue weighted by molar-refractivity contribution is 5.99. The van der Waals surface area contributed by atoms with Gasteiger partial charge < -0.3 is 26.4 Å². The van der Waals surface area contributed by atoms with Crippen LogP contribution in [0.25, 0.3) is 0 Å². The normalized spacial score (nSPS) is 12.9. The zero-order chi connectivity index (χ0) is 31.9. The molecule has 0 saturated carbocycles. The molecule has 0 fully saturated rings. The summed E-state index contributed by atoms with van der Waals surface area (Å²) in [6, 6.07) is 7.21. The monoisotopic (exact) mass is 597 g/mol. The molecule has 0 aliphatic rings. The number of pyridine rings is 1. The van der Waals surface area contributed by atoms with Gasteiger partial charge in [-0.05, 0) is 64.8 Å². The van der Waals surface area contributed by atoms with Crippen molar-refractivity contribution >= 4 is 23.2 Å². The molecular weight excluding hydrogens is 546 g/mol. The number of rotatable bonds is 19. The summed E-state index contributed by atoms with van der Waals surface area (Å²) in [7, 11) is 0. The number of nitrogens with two attached hydrogens (primary N) is 1. The van der Waals surface area contributed by atoms with E-state index in [1.807, 2.05) is 4.90 Å². The average molecular weight is 598 g/mol. The molecule has 2 amide bonds. The third-order valence-electron chi connectivity index (χ3n) is 7.69. The minimum atomic E-state index is -0.914. The number of amides is 2. The average Bonchev–Trinajstić information content (AvgIpc) is 2.99. The summed E-state index contributed by atoms with van der Waals surface area (Å²) < 4.78 is 1.02. The van der Waals surface area contributed by atoms with Gasteiger partial charge in [0.15, 0.2) is 0 Å². The molecule has 0 aliphatic carbocycles. The summed E-state index contributed by atoms with van der Waals surface area (Å²) >= 11 is 0. The van der Waals surface area contributed by atoms with Crippen molar-refractivity contribution < 1.29 is 14.7 Å². The number of carbonyl (C=O) groups is 2. The molecule has 0 saturated heterocycles. The number of aromatic nitrogens is 1. The molecule has 238 valence electrons. The minimum absolute atomic E-state index is 0.0494. The molecule has 2 aromatic rings. The molecule has 2 atom stereocenters. The van der Waals surface area contributed by atoms with Crippen LogP contribution in [0.5, 0.6) is 5.88 Å². The summed E-state index contributed by atoms with van der Waals surface area (Å²) in [4.78, 5) is 40.8. The van der Waals surface area contributed by atoms with Gasteiger partial charge in [-0.15, -0.1) is 10.2 Å². The van der Waals surface area contributed by atoms with Crippen molar-refractivity contribution in [1.82, 2.24) is 20.1 Å². The summed E-state index contributed by atoms with van der Waals surface area (Å²) in [5.74, 6) is -1.50.